The minimum absolute atomic E-state index is 0.265. The first kappa shape index (κ1) is 24.4. The van der Waals surface area contributed by atoms with Crippen LogP contribution in [0.25, 0.3) is 22.3 Å². The van der Waals surface area contributed by atoms with E-state index < -0.39 is 0 Å². The number of hydrogen-bond acceptors (Lipinski definition) is 4. The monoisotopic (exact) mass is 621 g/mol. The van der Waals surface area contributed by atoms with Gasteiger partial charge in [-0.15, -0.1) is 0 Å². The fraction of sp³-hybridized carbons (Fsp3) is 0.0357. The normalized spacial score (nSPS) is 11.3. The Balaban J connectivity index is 1.55. The molecule has 0 radical (unpaired) electrons. The van der Waals surface area contributed by atoms with Crippen molar-refractivity contribution in [3.63, 3.8) is 0 Å². The highest BCUT2D eigenvalue weighted by Crippen LogP contribution is 2.26. The van der Waals surface area contributed by atoms with Crippen molar-refractivity contribution in [2.75, 3.05) is 0 Å². The first-order chi connectivity index (χ1) is 17.5. The van der Waals surface area contributed by atoms with E-state index in [1.165, 1.54) is 4.68 Å². The Morgan fingerprint density at radius 1 is 0.944 bits per heavy atom. The average Bonchev–Trinajstić information content (AvgIpc) is 2.89. The van der Waals surface area contributed by atoms with Gasteiger partial charge < -0.3 is 4.74 Å². The standard InChI is InChI=1S/C28H18Br2ClN3O2/c29-21-11-10-19(24(30)15-21)17-36-26-13-12-22(31)14-20(26)16-32-34-27(18-6-2-1-3-7-18)33-25-9-5-4-8-23(25)28(34)35/h1-16H,17H2. The minimum atomic E-state index is -0.265. The summed E-state index contributed by atoms with van der Waals surface area (Å²) in [6.45, 7) is 0.336. The third-order valence-corrected chi connectivity index (χ3v) is 6.93. The van der Waals surface area contributed by atoms with Gasteiger partial charge in [-0.2, -0.15) is 9.78 Å². The molecular formula is C28H18Br2ClN3O2. The second-order valence-corrected chi connectivity index (χ2v) is 10.1. The van der Waals surface area contributed by atoms with Crippen molar-refractivity contribution in [3.05, 3.63) is 126 Å². The SMILES string of the molecule is O=c1c2ccccc2nc(-c2ccccc2)n1N=Cc1cc(Cl)ccc1OCc1ccc(Br)cc1Br. The highest BCUT2D eigenvalue weighted by molar-refractivity contribution is 9.11. The fourth-order valence-electron chi connectivity index (χ4n) is 3.67. The molecular weight excluding hydrogens is 606 g/mol. The second kappa shape index (κ2) is 10.8. The van der Waals surface area contributed by atoms with Gasteiger partial charge in [0.15, 0.2) is 5.82 Å². The number of hydrogen-bond donors (Lipinski definition) is 0. The van der Waals surface area contributed by atoms with E-state index in [-0.39, 0.29) is 5.56 Å². The van der Waals surface area contributed by atoms with E-state index in [4.69, 9.17) is 21.3 Å². The topological polar surface area (TPSA) is 56.5 Å². The number of nitrogens with zero attached hydrogens (tertiary/aromatic N) is 3. The van der Waals surface area contributed by atoms with E-state index >= 15 is 0 Å². The Morgan fingerprint density at radius 3 is 2.53 bits per heavy atom. The molecule has 0 spiro atoms. The van der Waals surface area contributed by atoms with Crippen LogP contribution in [0.3, 0.4) is 0 Å². The van der Waals surface area contributed by atoms with Gasteiger partial charge in [0.25, 0.3) is 5.56 Å². The molecule has 36 heavy (non-hydrogen) atoms. The molecule has 5 nitrogen and oxygen atoms in total. The number of halogens is 3. The Hall–Kier alpha value is -3.26. The Bertz CT molecular complexity index is 1650. The van der Waals surface area contributed by atoms with Gasteiger partial charge in [0.1, 0.15) is 12.4 Å². The van der Waals surface area contributed by atoms with Crippen LogP contribution in [-0.4, -0.2) is 15.9 Å². The zero-order chi connectivity index (χ0) is 25.1. The Kier molecular flexibility index (Phi) is 7.32. The number of fused-ring (bicyclic) bond motifs is 1. The second-order valence-electron chi connectivity index (χ2n) is 7.89. The first-order valence-corrected chi connectivity index (χ1v) is 12.9. The van der Waals surface area contributed by atoms with Gasteiger partial charge in [0.2, 0.25) is 0 Å². The van der Waals surface area contributed by atoms with E-state index in [9.17, 15) is 4.79 Å². The molecule has 178 valence electrons. The molecule has 8 heteroatoms. The van der Waals surface area contributed by atoms with Crippen LogP contribution < -0.4 is 10.3 Å². The van der Waals surface area contributed by atoms with Gasteiger partial charge in [0, 0.05) is 30.7 Å². The third-order valence-electron chi connectivity index (χ3n) is 5.47. The van der Waals surface area contributed by atoms with Crippen LogP contribution in [0, 0.1) is 0 Å². The molecule has 5 rings (SSSR count). The third kappa shape index (κ3) is 5.28. The molecule has 0 aliphatic carbocycles. The van der Waals surface area contributed by atoms with Crippen LogP contribution in [0.2, 0.25) is 5.02 Å². The van der Waals surface area contributed by atoms with E-state index in [0.29, 0.717) is 39.7 Å². The zero-order valence-electron chi connectivity index (χ0n) is 18.7. The first-order valence-electron chi connectivity index (χ1n) is 11.0. The molecule has 0 aliphatic heterocycles. The van der Waals surface area contributed by atoms with E-state index in [1.807, 2.05) is 66.7 Å². The van der Waals surface area contributed by atoms with Crippen LogP contribution >= 0.6 is 43.5 Å². The van der Waals surface area contributed by atoms with Crippen molar-refractivity contribution in [3.8, 4) is 17.1 Å². The summed E-state index contributed by atoms with van der Waals surface area (Å²) < 4.78 is 9.32. The molecule has 0 unspecified atom stereocenters. The maximum Gasteiger partial charge on any atom is 0.282 e. The lowest BCUT2D eigenvalue weighted by molar-refractivity contribution is 0.305. The quantitative estimate of drug-likeness (QED) is 0.182. The van der Waals surface area contributed by atoms with Crippen molar-refractivity contribution in [2.45, 2.75) is 6.61 Å². The summed E-state index contributed by atoms with van der Waals surface area (Å²) in [5, 5.41) is 5.56. The van der Waals surface area contributed by atoms with Crippen LogP contribution in [0.5, 0.6) is 5.75 Å². The van der Waals surface area contributed by atoms with Crippen molar-refractivity contribution in [1.82, 2.24) is 9.66 Å². The van der Waals surface area contributed by atoms with Gasteiger partial charge in [-0.25, -0.2) is 4.98 Å². The summed E-state index contributed by atoms with van der Waals surface area (Å²) in [6.07, 6.45) is 1.57. The lowest BCUT2D eigenvalue weighted by atomic mass is 10.2. The molecule has 0 atom stereocenters. The summed E-state index contributed by atoms with van der Waals surface area (Å²) in [4.78, 5) is 18.1. The molecule has 1 heterocycles. The van der Waals surface area contributed by atoms with E-state index in [0.717, 1.165) is 20.1 Å². The molecule has 5 aromatic rings. The molecule has 0 saturated carbocycles. The van der Waals surface area contributed by atoms with Gasteiger partial charge in [-0.1, -0.05) is 92.0 Å². The van der Waals surface area contributed by atoms with Crippen LogP contribution in [-0.2, 0) is 6.61 Å². The number of rotatable bonds is 6. The van der Waals surface area contributed by atoms with Crippen molar-refractivity contribution in [1.29, 1.82) is 0 Å². The highest BCUT2D eigenvalue weighted by atomic mass is 79.9. The van der Waals surface area contributed by atoms with Gasteiger partial charge in [0.05, 0.1) is 17.1 Å². The predicted octanol–water partition coefficient (Wildman–Crippen LogP) is 7.70. The van der Waals surface area contributed by atoms with Crippen molar-refractivity contribution < 1.29 is 4.74 Å². The molecule has 0 aliphatic rings. The Labute approximate surface area is 229 Å². The van der Waals surface area contributed by atoms with Crippen molar-refractivity contribution in [2.24, 2.45) is 5.10 Å². The number of para-hydroxylation sites is 1. The van der Waals surface area contributed by atoms with E-state index in [1.54, 1.807) is 30.5 Å². The smallest absolute Gasteiger partial charge is 0.282 e. The minimum Gasteiger partial charge on any atom is -0.488 e. The summed E-state index contributed by atoms with van der Waals surface area (Å²) in [7, 11) is 0. The Morgan fingerprint density at radius 2 is 1.72 bits per heavy atom. The van der Waals surface area contributed by atoms with Crippen molar-refractivity contribution >= 4 is 60.6 Å². The van der Waals surface area contributed by atoms with Crippen LogP contribution in [0.4, 0.5) is 0 Å². The number of aromatic nitrogens is 2. The number of benzene rings is 4. The molecule has 0 N–H and O–H groups in total. The highest BCUT2D eigenvalue weighted by Gasteiger charge is 2.13. The molecule has 0 saturated heterocycles. The summed E-state index contributed by atoms with van der Waals surface area (Å²) in [5.41, 5.74) is 2.74. The summed E-state index contributed by atoms with van der Waals surface area (Å²) in [6, 6.07) is 27.9. The van der Waals surface area contributed by atoms with Gasteiger partial charge in [-0.3, -0.25) is 4.79 Å². The van der Waals surface area contributed by atoms with Crippen LogP contribution in [0.1, 0.15) is 11.1 Å². The lowest BCUT2D eigenvalue weighted by Crippen LogP contribution is -2.20. The average molecular weight is 624 g/mol. The zero-order valence-corrected chi connectivity index (χ0v) is 22.7. The van der Waals surface area contributed by atoms with Gasteiger partial charge in [-0.05, 0) is 42.5 Å². The largest absolute Gasteiger partial charge is 0.488 e. The molecule has 0 bridgehead atoms. The summed E-state index contributed by atoms with van der Waals surface area (Å²) >= 11 is 13.3. The molecule has 1 aromatic heterocycles. The maximum atomic E-state index is 13.4. The van der Waals surface area contributed by atoms with Gasteiger partial charge >= 0.3 is 0 Å². The summed E-state index contributed by atoms with van der Waals surface area (Å²) in [5.74, 6) is 1.03. The van der Waals surface area contributed by atoms with E-state index in [2.05, 4.69) is 37.0 Å². The number of ether oxygens (including phenoxy) is 1. The fourth-order valence-corrected chi connectivity index (χ4v) is 5.01. The molecule has 0 amide bonds. The predicted molar refractivity (Wildman–Crippen MR) is 152 cm³/mol. The molecule has 0 fully saturated rings. The lowest BCUT2D eigenvalue weighted by Gasteiger charge is -2.12. The molecule has 4 aromatic carbocycles. The maximum absolute atomic E-state index is 13.4. The van der Waals surface area contributed by atoms with Crippen LogP contribution in [0.15, 0.2) is 110 Å².